The van der Waals surface area contributed by atoms with Crippen molar-refractivity contribution in [2.75, 3.05) is 64.7 Å². The van der Waals surface area contributed by atoms with Crippen LogP contribution in [0.15, 0.2) is 46.9 Å². The van der Waals surface area contributed by atoms with Crippen LogP contribution in [0.1, 0.15) is 42.4 Å². The standard InChI is InChI=1S/C34H46BrN7O4/c1-24-21-25(7-8-29(24)35)22-31(32(43)40-13-9-27(10-14-40)39-19-17-38(2)18-20-39)37-34(45)46-41-15-11-28(12-16-41)42-23-26-5-3-4-6-30(26)36-33(42)44/h3-8,21,27-28,31H,9-20,22-23H2,1-2H3,(H,36,44)(H,37,45). The maximum atomic E-state index is 13.9. The Hall–Kier alpha value is -3.19. The Balaban J connectivity index is 1.04. The number of nitrogens with one attached hydrogen (secondary N) is 2. The van der Waals surface area contributed by atoms with Crippen LogP contribution >= 0.6 is 15.9 Å². The summed E-state index contributed by atoms with van der Waals surface area (Å²) in [6.45, 7) is 9.29. The summed E-state index contributed by atoms with van der Waals surface area (Å²) in [6, 6.07) is 13.6. The number of piperazine rings is 1. The molecule has 0 radical (unpaired) electrons. The zero-order valence-electron chi connectivity index (χ0n) is 26.9. The lowest BCUT2D eigenvalue weighted by Crippen LogP contribution is -2.56. The first kappa shape index (κ1) is 32.7. The maximum absolute atomic E-state index is 13.9. The topological polar surface area (TPSA) is 101 Å². The average Bonchev–Trinajstić information content (AvgIpc) is 3.06. The first-order valence-corrected chi connectivity index (χ1v) is 17.4. The average molecular weight is 697 g/mol. The van der Waals surface area contributed by atoms with Crippen LogP contribution in [-0.4, -0.2) is 120 Å². The highest BCUT2D eigenvalue weighted by Crippen LogP contribution is 2.28. The summed E-state index contributed by atoms with van der Waals surface area (Å²) in [5.41, 5.74) is 4.02. The van der Waals surface area contributed by atoms with E-state index in [-0.39, 0.29) is 18.0 Å². The number of urea groups is 1. The normalized spacial score (nSPS) is 21.4. The van der Waals surface area contributed by atoms with Crippen molar-refractivity contribution in [3.05, 3.63) is 63.6 Å². The quantitative estimate of drug-likeness (QED) is 0.451. The second-order valence-corrected chi connectivity index (χ2v) is 14.0. The van der Waals surface area contributed by atoms with E-state index in [1.165, 1.54) is 0 Å². The molecule has 4 aliphatic rings. The van der Waals surface area contributed by atoms with Crippen LogP contribution in [0.3, 0.4) is 0 Å². The molecule has 46 heavy (non-hydrogen) atoms. The number of fused-ring (bicyclic) bond motifs is 1. The van der Waals surface area contributed by atoms with Crippen molar-refractivity contribution in [3.63, 3.8) is 0 Å². The Bertz CT molecular complexity index is 1400. The molecule has 3 saturated heterocycles. The van der Waals surface area contributed by atoms with Gasteiger partial charge in [-0.05, 0) is 68.5 Å². The Labute approximate surface area is 280 Å². The van der Waals surface area contributed by atoms with Crippen molar-refractivity contribution in [2.45, 2.75) is 63.7 Å². The third-order valence-corrected chi connectivity index (χ3v) is 10.9. The number of amides is 4. The van der Waals surface area contributed by atoms with Crippen LogP contribution in [0.5, 0.6) is 0 Å². The second-order valence-electron chi connectivity index (χ2n) is 13.1. The Morgan fingerprint density at radius 3 is 2.37 bits per heavy atom. The number of benzene rings is 2. The molecule has 12 heteroatoms. The fourth-order valence-corrected chi connectivity index (χ4v) is 7.42. The zero-order valence-corrected chi connectivity index (χ0v) is 28.5. The number of hydroxylamine groups is 2. The largest absolute Gasteiger partial charge is 0.426 e. The van der Waals surface area contributed by atoms with E-state index < -0.39 is 12.1 Å². The van der Waals surface area contributed by atoms with Crippen LogP contribution in [0.25, 0.3) is 0 Å². The molecule has 4 heterocycles. The summed E-state index contributed by atoms with van der Waals surface area (Å²) in [5.74, 6) is -0.0653. The highest BCUT2D eigenvalue weighted by Gasteiger charge is 2.35. The molecule has 0 spiro atoms. The number of aryl methyl sites for hydroxylation is 1. The monoisotopic (exact) mass is 695 g/mol. The van der Waals surface area contributed by atoms with Gasteiger partial charge in [-0.2, -0.15) is 0 Å². The van der Waals surface area contributed by atoms with Gasteiger partial charge in [0, 0.05) is 87.6 Å². The van der Waals surface area contributed by atoms with E-state index in [0.29, 0.717) is 58.0 Å². The van der Waals surface area contributed by atoms with Crippen molar-refractivity contribution in [1.29, 1.82) is 0 Å². The van der Waals surface area contributed by atoms with E-state index in [1.54, 1.807) is 5.06 Å². The number of likely N-dealkylation sites (N-methyl/N-ethyl adjacent to an activating group) is 1. The molecule has 0 aromatic heterocycles. The fraction of sp³-hybridized carbons (Fsp3) is 0.559. The highest BCUT2D eigenvalue weighted by atomic mass is 79.9. The van der Waals surface area contributed by atoms with E-state index in [4.69, 9.17) is 4.84 Å². The van der Waals surface area contributed by atoms with Gasteiger partial charge in [-0.3, -0.25) is 9.69 Å². The molecule has 4 aliphatic heterocycles. The van der Waals surface area contributed by atoms with E-state index in [0.717, 1.165) is 65.9 Å². The van der Waals surface area contributed by atoms with Gasteiger partial charge in [-0.1, -0.05) is 46.3 Å². The number of carbonyl (C=O) groups is 3. The molecule has 0 bridgehead atoms. The SMILES string of the molecule is Cc1cc(CC(NC(=O)ON2CCC(N3Cc4ccccc4NC3=O)CC2)C(=O)N2CCC(N3CCN(C)CC3)CC2)ccc1Br. The van der Waals surface area contributed by atoms with E-state index >= 15 is 0 Å². The predicted octanol–water partition coefficient (Wildman–Crippen LogP) is 4.06. The number of halogens is 1. The summed E-state index contributed by atoms with van der Waals surface area (Å²) in [5, 5.41) is 7.56. The molecule has 248 valence electrons. The summed E-state index contributed by atoms with van der Waals surface area (Å²) in [7, 11) is 2.17. The van der Waals surface area contributed by atoms with E-state index in [2.05, 4.69) is 49.5 Å². The third-order valence-electron chi connectivity index (χ3n) is 10.0. The molecule has 6 rings (SSSR count). The van der Waals surface area contributed by atoms with Crippen LogP contribution in [0, 0.1) is 6.92 Å². The van der Waals surface area contributed by atoms with Crippen molar-refractivity contribution in [3.8, 4) is 0 Å². The number of carbonyl (C=O) groups excluding carboxylic acids is 3. The molecular weight excluding hydrogens is 650 g/mol. The molecule has 1 atom stereocenters. The number of hydrogen-bond donors (Lipinski definition) is 2. The molecule has 1 unspecified atom stereocenters. The van der Waals surface area contributed by atoms with Crippen molar-refractivity contribution in [1.82, 2.24) is 30.0 Å². The third kappa shape index (κ3) is 7.84. The van der Waals surface area contributed by atoms with Crippen molar-refractivity contribution in [2.24, 2.45) is 0 Å². The summed E-state index contributed by atoms with van der Waals surface area (Å²) in [4.78, 5) is 54.4. The molecule has 2 aromatic carbocycles. The maximum Gasteiger partial charge on any atom is 0.426 e. The van der Waals surface area contributed by atoms with Gasteiger partial charge in [0.05, 0.1) is 0 Å². The number of piperidine rings is 2. The smallest absolute Gasteiger partial charge is 0.351 e. The molecule has 11 nitrogen and oxygen atoms in total. The minimum atomic E-state index is -0.733. The first-order valence-electron chi connectivity index (χ1n) is 16.6. The summed E-state index contributed by atoms with van der Waals surface area (Å²) < 4.78 is 1.01. The number of nitrogens with zero attached hydrogens (tertiary/aromatic N) is 5. The Kier molecular flexibility index (Phi) is 10.5. The van der Waals surface area contributed by atoms with Gasteiger partial charge in [-0.15, -0.1) is 5.06 Å². The molecule has 0 saturated carbocycles. The van der Waals surface area contributed by atoms with Gasteiger partial charge in [0.15, 0.2) is 0 Å². The fourth-order valence-electron chi connectivity index (χ4n) is 7.18. The number of para-hydroxylation sites is 1. The molecule has 0 aliphatic carbocycles. The molecule has 3 fully saturated rings. The van der Waals surface area contributed by atoms with Gasteiger partial charge in [0.1, 0.15) is 6.04 Å². The minimum Gasteiger partial charge on any atom is -0.351 e. The van der Waals surface area contributed by atoms with E-state index in [1.807, 2.05) is 53.1 Å². The van der Waals surface area contributed by atoms with Gasteiger partial charge in [0.25, 0.3) is 0 Å². The van der Waals surface area contributed by atoms with E-state index in [9.17, 15) is 14.4 Å². The van der Waals surface area contributed by atoms with Gasteiger partial charge >= 0.3 is 12.1 Å². The summed E-state index contributed by atoms with van der Waals surface area (Å²) in [6.07, 6.45) is 3.02. The Morgan fingerprint density at radius 1 is 0.957 bits per heavy atom. The molecule has 4 amide bonds. The van der Waals surface area contributed by atoms with Gasteiger partial charge < -0.3 is 30.2 Å². The highest BCUT2D eigenvalue weighted by molar-refractivity contribution is 9.10. The lowest BCUT2D eigenvalue weighted by molar-refractivity contribution is -0.137. The van der Waals surface area contributed by atoms with Crippen LogP contribution in [0.4, 0.5) is 15.3 Å². The van der Waals surface area contributed by atoms with Gasteiger partial charge in [0.2, 0.25) is 5.91 Å². The van der Waals surface area contributed by atoms with Gasteiger partial charge in [-0.25, -0.2) is 9.59 Å². The number of anilines is 1. The van der Waals surface area contributed by atoms with Crippen LogP contribution < -0.4 is 10.6 Å². The molecular formula is C34H46BrN7O4. The van der Waals surface area contributed by atoms with Crippen molar-refractivity contribution < 1.29 is 19.2 Å². The zero-order chi connectivity index (χ0) is 32.2. The Morgan fingerprint density at radius 2 is 1.65 bits per heavy atom. The molecule has 2 N–H and O–H groups in total. The number of hydrogen-bond acceptors (Lipinski definition) is 7. The predicted molar refractivity (Wildman–Crippen MR) is 180 cm³/mol. The van der Waals surface area contributed by atoms with Crippen molar-refractivity contribution >= 4 is 39.6 Å². The van der Waals surface area contributed by atoms with Crippen LogP contribution in [-0.2, 0) is 22.6 Å². The lowest BCUT2D eigenvalue weighted by Gasteiger charge is -2.42. The first-order chi connectivity index (χ1) is 22.2. The summed E-state index contributed by atoms with van der Waals surface area (Å²) >= 11 is 3.56. The van der Waals surface area contributed by atoms with Crippen LogP contribution in [0.2, 0.25) is 0 Å². The number of likely N-dealkylation sites (tertiary alicyclic amines) is 1. The minimum absolute atomic E-state index is 0.0556. The second kappa shape index (κ2) is 14.7. The molecule has 2 aromatic rings. The lowest BCUT2D eigenvalue weighted by atomic mass is 9.99. The number of rotatable bonds is 7.